The van der Waals surface area contributed by atoms with E-state index in [0.29, 0.717) is 29.5 Å². The van der Waals surface area contributed by atoms with Crippen LogP contribution in [-0.2, 0) is 10.0 Å². The molecule has 0 saturated carbocycles. The lowest BCUT2D eigenvalue weighted by Crippen LogP contribution is -2.38. The minimum absolute atomic E-state index is 0.159. The van der Waals surface area contributed by atoms with Crippen LogP contribution in [0.1, 0.15) is 24.2 Å². The molecule has 0 aliphatic rings. The van der Waals surface area contributed by atoms with E-state index in [-0.39, 0.29) is 10.8 Å². The minimum atomic E-state index is -3.77. The van der Waals surface area contributed by atoms with Crippen LogP contribution < -0.4 is 9.62 Å². The Balaban J connectivity index is 1.63. The fourth-order valence-corrected chi connectivity index (χ4v) is 5.79. The smallest absolute Gasteiger partial charge is 0.261 e. The number of para-hydroxylation sites is 1. The average Bonchev–Trinajstić information content (AvgIpc) is 3.31. The van der Waals surface area contributed by atoms with E-state index in [1.165, 1.54) is 23.5 Å². The minimum Gasteiger partial charge on any atom is -0.302 e. The largest absolute Gasteiger partial charge is 0.302 e. The summed E-state index contributed by atoms with van der Waals surface area (Å²) in [6.07, 6.45) is 0. The van der Waals surface area contributed by atoms with Gasteiger partial charge in [0.1, 0.15) is 0 Å². The molecule has 0 spiro atoms. The SMILES string of the molecule is CCN(CC)CCN(C(=O)c1cccc(NS(=O)(=O)c2ccccc2)c1)c1nc2ccccc2s1. The van der Waals surface area contributed by atoms with Crippen LogP contribution in [0.4, 0.5) is 10.8 Å². The first-order valence-electron chi connectivity index (χ1n) is 11.5. The molecule has 0 saturated heterocycles. The molecule has 7 nitrogen and oxygen atoms in total. The molecular formula is C26H28N4O3S2. The Morgan fingerprint density at radius 2 is 1.63 bits per heavy atom. The molecule has 1 amide bonds. The summed E-state index contributed by atoms with van der Waals surface area (Å²) in [6, 6.07) is 22.5. The van der Waals surface area contributed by atoms with Gasteiger partial charge in [0.15, 0.2) is 5.13 Å². The van der Waals surface area contributed by atoms with Gasteiger partial charge in [-0.25, -0.2) is 13.4 Å². The van der Waals surface area contributed by atoms with Gasteiger partial charge in [0.05, 0.1) is 15.1 Å². The molecule has 1 N–H and O–H groups in total. The van der Waals surface area contributed by atoms with Crippen molar-refractivity contribution in [1.82, 2.24) is 9.88 Å². The van der Waals surface area contributed by atoms with Gasteiger partial charge in [0, 0.05) is 24.3 Å². The predicted molar refractivity (Wildman–Crippen MR) is 143 cm³/mol. The quantitative estimate of drug-likeness (QED) is 0.323. The summed E-state index contributed by atoms with van der Waals surface area (Å²) < 4.78 is 29.1. The summed E-state index contributed by atoms with van der Waals surface area (Å²) in [5.74, 6) is -0.225. The summed E-state index contributed by atoms with van der Waals surface area (Å²) in [6.45, 7) is 7.13. The van der Waals surface area contributed by atoms with Crippen molar-refractivity contribution in [3.8, 4) is 0 Å². The maximum atomic E-state index is 13.7. The highest BCUT2D eigenvalue weighted by molar-refractivity contribution is 7.92. The van der Waals surface area contributed by atoms with Crippen molar-refractivity contribution in [3.05, 3.63) is 84.4 Å². The Morgan fingerprint density at radius 3 is 2.34 bits per heavy atom. The fraction of sp³-hybridized carbons (Fsp3) is 0.231. The van der Waals surface area contributed by atoms with E-state index in [0.717, 1.165) is 23.3 Å². The molecule has 9 heteroatoms. The van der Waals surface area contributed by atoms with E-state index >= 15 is 0 Å². The lowest BCUT2D eigenvalue weighted by Gasteiger charge is -2.25. The number of thiazole rings is 1. The number of carbonyl (C=O) groups is 1. The second kappa shape index (κ2) is 11.0. The van der Waals surface area contributed by atoms with Crippen LogP contribution in [0, 0.1) is 0 Å². The molecule has 35 heavy (non-hydrogen) atoms. The molecule has 0 radical (unpaired) electrons. The zero-order valence-corrected chi connectivity index (χ0v) is 21.3. The summed E-state index contributed by atoms with van der Waals surface area (Å²) in [5, 5.41) is 0.624. The van der Waals surface area contributed by atoms with Crippen molar-refractivity contribution in [2.45, 2.75) is 18.7 Å². The van der Waals surface area contributed by atoms with Crippen molar-refractivity contribution < 1.29 is 13.2 Å². The molecule has 0 unspecified atom stereocenters. The van der Waals surface area contributed by atoms with Gasteiger partial charge in [0.25, 0.3) is 15.9 Å². The molecule has 182 valence electrons. The van der Waals surface area contributed by atoms with Gasteiger partial charge in [0.2, 0.25) is 0 Å². The number of sulfonamides is 1. The number of benzene rings is 3. The maximum Gasteiger partial charge on any atom is 0.261 e. The van der Waals surface area contributed by atoms with E-state index in [1.54, 1.807) is 47.4 Å². The molecule has 4 aromatic rings. The molecule has 1 aromatic heterocycles. The number of carbonyl (C=O) groups excluding carboxylic acids is 1. The summed E-state index contributed by atoms with van der Waals surface area (Å²) >= 11 is 1.47. The van der Waals surface area contributed by atoms with E-state index in [1.807, 2.05) is 24.3 Å². The van der Waals surface area contributed by atoms with Crippen molar-refractivity contribution in [2.75, 3.05) is 35.8 Å². The molecule has 1 heterocycles. The number of nitrogens with zero attached hydrogens (tertiary/aromatic N) is 3. The summed E-state index contributed by atoms with van der Waals surface area (Å²) in [4.78, 5) is 22.5. The van der Waals surface area contributed by atoms with Gasteiger partial charge in [-0.3, -0.25) is 14.4 Å². The lowest BCUT2D eigenvalue weighted by atomic mass is 10.2. The number of rotatable bonds is 10. The first-order chi connectivity index (χ1) is 16.9. The number of fused-ring (bicyclic) bond motifs is 1. The molecule has 4 rings (SSSR count). The van der Waals surface area contributed by atoms with Crippen molar-refractivity contribution >= 4 is 48.3 Å². The van der Waals surface area contributed by atoms with Crippen LogP contribution >= 0.6 is 11.3 Å². The van der Waals surface area contributed by atoms with Gasteiger partial charge in [-0.2, -0.15) is 0 Å². The van der Waals surface area contributed by atoms with Gasteiger partial charge in [-0.15, -0.1) is 0 Å². The lowest BCUT2D eigenvalue weighted by molar-refractivity contribution is 0.0984. The summed E-state index contributed by atoms with van der Waals surface area (Å²) in [5.41, 5.74) is 1.56. The van der Waals surface area contributed by atoms with Crippen LogP contribution in [0.25, 0.3) is 10.2 Å². The van der Waals surface area contributed by atoms with Gasteiger partial charge in [-0.05, 0) is 55.6 Å². The third-order valence-electron chi connectivity index (χ3n) is 5.71. The number of likely N-dealkylation sites (N-methyl/N-ethyl adjacent to an activating group) is 1. The highest BCUT2D eigenvalue weighted by Crippen LogP contribution is 2.30. The zero-order valence-electron chi connectivity index (χ0n) is 19.7. The molecule has 0 fully saturated rings. The van der Waals surface area contributed by atoms with Crippen molar-refractivity contribution in [3.63, 3.8) is 0 Å². The summed E-state index contributed by atoms with van der Waals surface area (Å²) in [7, 11) is -3.77. The Kier molecular flexibility index (Phi) is 7.80. The third kappa shape index (κ3) is 5.87. The van der Waals surface area contributed by atoms with Crippen LogP contribution in [0.15, 0.2) is 83.8 Å². The monoisotopic (exact) mass is 508 g/mol. The first kappa shape index (κ1) is 24.8. The molecule has 0 bridgehead atoms. The molecule has 0 aliphatic carbocycles. The average molecular weight is 509 g/mol. The van der Waals surface area contributed by atoms with Gasteiger partial charge >= 0.3 is 0 Å². The van der Waals surface area contributed by atoms with E-state index in [4.69, 9.17) is 4.98 Å². The molecule has 0 aliphatic heterocycles. The Hall–Kier alpha value is -3.27. The first-order valence-corrected chi connectivity index (χ1v) is 13.8. The third-order valence-corrected chi connectivity index (χ3v) is 8.16. The van der Waals surface area contributed by atoms with Crippen LogP contribution in [0.2, 0.25) is 0 Å². The standard InChI is InChI=1S/C26H28N4O3S2/c1-3-29(4-2)17-18-30(26-27-23-15-8-9-16-24(23)34-26)25(31)20-11-10-12-21(19-20)28-35(32,33)22-13-6-5-7-14-22/h5-16,19,28H,3-4,17-18H2,1-2H3. The number of hydrogen-bond acceptors (Lipinski definition) is 6. The van der Waals surface area contributed by atoms with Crippen molar-refractivity contribution in [2.24, 2.45) is 0 Å². The fourth-order valence-electron chi connectivity index (χ4n) is 3.73. The Bertz CT molecular complexity index is 1370. The van der Waals surface area contributed by atoms with E-state index in [9.17, 15) is 13.2 Å². The Labute approximate surface area is 210 Å². The topological polar surface area (TPSA) is 82.6 Å². The van der Waals surface area contributed by atoms with Crippen molar-refractivity contribution in [1.29, 1.82) is 0 Å². The molecule has 0 atom stereocenters. The van der Waals surface area contributed by atoms with Gasteiger partial charge < -0.3 is 4.90 Å². The number of hydrogen-bond donors (Lipinski definition) is 1. The highest BCUT2D eigenvalue weighted by Gasteiger charge is 2.23. The molecular weight excluding hydrogens is 480 g/mol. The Morgan fingerprint density at radius 1 is 0.914 bits per heavy atom. The number of amides is 1. The normalized spacial score (nSPS) is 11.6. The highest BCUT2D eigenvalue weighted by atomic mass is 32.2. The van der Waals surface area contributed by atoms with Crippen LogP contribution in [-0.4, -0.2) is 50.4 Å². The van der Waals surface area contributed by atoms with E-state index in [2.05, 4.69) is 23.5 Å². The van der Waals surface area contributed by atoms with E-state index < -0.39 is 10.0 Å². The van der Waals surface area contributed by atoms with Crippen LogP contribution in [0.3, 0.4) is 0 Å². The zero-order chi connectivity index (χ0) is 24.8. The maximum absolute atomic E-state index is 13.7. The number of aromatic nitrogens is 1. The predicted octanol–water partition coefficient (Wildman–Crippen LogP) is 5.09. The number of nitrogens with one attached hydrogen (secondary N) is 1. The van der Waals surface area contributed by atoms with Crippen LogP contribution in [0.5, 0.6) is 0 Å². The number of anilines is 2. The second-order valence-corrected chi connectivity index (χ2v) is 10.6. The van der Waals surface area contributed by atoms with Gasteiger partial charge in [-0.1, -0.05) is 61.6 Å². The second-order valence-electron chi connectivity index (χ2n) is 7.95. The molecule has 3 aromatic carbocycles.